The lowest BCUT2D eigenvalue weighted by atomic mass is 10.0. The van der Waals surface area contributed by atoms with E-state index in [1.54, 1.807) is 6.21 Å². The van der Waals surface area contributed by atoms with Crippen LogP contribution in [0.15, 0.2) is 27.8 Å². The Hall–Kier alpha value is -1.64. The molecule has 3 rings (SSSR count). The standard InChI is InChI=1S/C22H34BrN5O2/c1-22(2,3)30-21(29)16-26-8-6-18(7-9-26)27-10-12-28(13-11-27)20-5-4-17(15-25-24)14-19(20)23/h4-5,14-15,18H,6-13,16,24H2,1-3H3. The number of benzene rings is 1. The highest BCUT2D eigenvalue weighted by molar-refractivity contribution is 9.10. The fourth-order valence-electron chi connectivity index (χ4n) is 4.27. The Morgan fingerprint density at radius 3 is 2.43 bits per heavy atom. The first-order chi connectivity index (χ1) is 14.2. The van der Waals surface area contributed by atoms with Crippen molar-refractivity contribution in [3.63, 3.8) is 0 Å². The predicted octanol–water partition coefficient (Wildman–Crippen LogP) is 2.67. The van der Waals surface area contributed by atoms with E-state index in [0.717, 1.165) is 62.1 Å². The Balaban J connectivity index is 1.45. The zero-order chi connectivity index (χ0) is 21.7. The molecule has 0 radical (unpaired) electrons. The molecule has 7 nitrogen and oxygen atoms in total. The number of hydrogen-bond donors (Lipinski definition) is 1. The first-order valence-corrected chi connectivity index (χ1v) is 11.5. The van der Waals surface area contributed by atoms with E-state index in [4.69, 9.17) is 10.6 Å². The van der Waals surface area contributed by atoms with Crippen molar-refractivity contribution < 1.29 is 9.53 Å². The van der Waals surface area contributed by atoms with Gasteiger partial charge in [-0.1, -0.05) is 6.07 Å². The maximum absolute atomic E-state index is 12.1. The number of ether oxygens (including phenoxy) is 1. The molecule has 2 aliphatic heterocycles. The number of piperazine rings is 1. The summed E-state index contributed by atoms with van der Waals surface area (Å²) >= 11 is 3.69. The number of rotatable bonds is 5. The molecular formula is C22H34BrN5O2. The number of piperidine rings is 1. The third-order valence-corrected chi connectivity index (χ3v) is 6.33. The second-order valence-corrected chi connectivity index (χ2v) is 9.96. The van der Waals surface area contributed by atoms with Crippen molar-refractivity contribution in [1.82, 2.24) is 9.80 Å². The van der Waals surface area contributed by atoms with Crippen LogP contribution in [0.2, 0.25) is 0 Å². The minimum atomic E-state index is -0.414. The maximum Gasteiger partial charge on any atom is 0.320 e. The topological polar surface area (TPSA) is 74.4 Å². The fourth-order valence-corrected chi connectivity index (χ4v) is 4.92. The van der Waals surface area contributed by atoms with Crippen molar-refractivity contribution >= 4 is 33.8 Å². The summed E-state index contributed by atoms with van der Waals surface area (Å²) in [4.78, 5) is 19.3. The smallest absolute Gasteiger partial charge is 0.320 e. The highest BCUT2D eigenvalue weighted by Gasteiger charge is 2.29. The van der Waals surface area contributed by atoms with Gasteiger partial charge in [0.25, 0.3) is 0 Å². The molecule has 2 N–H and O–H groups in total. The molecule has 0 amide bonds. The van der Waals surface area contributed by atoms with Crippen molar-refractivity contribution in [1.29, 1.82) is 0 Å². The van der Waals surface area contributed by atoms with Gasteiger partial charge in [0.1, 0.15) is 5.60 Å². The first-order valence-electron chi connectivity index (χ1n) is 10.7. The van der Waals surface area contributed by atoms with Gasteiger partial charge in [-0.25, -0.2) is 0 Å². The molecule has 2 fully saturated rings. The highest BCUT2D eigenvalue weighted by Crippen LogP contribution is 2.29. The van der Waals surface area contributed by atoms with Gasteiger partial charge in [0.05, 0.1) is 18.4 Å². The zero-order valence-electron chi connectivity index (χ0n) is 18.3. The summed E-state index contributed by atoms with van der Waals surface area (Å²) in [6, 6.07) is 6.83. The molecule has 0 atom stereocenters. The van der Waals surface area contributed by atoms with Gasteiger partial charge in [0.2, 0.25) is 0 Å². The Bertz CT molecular complexity index is 748. The molecule has 0 bridgehead atoms. The van der Waals surface area contributed by atoms with E-state index in [1.165, 1.54) is 5.69 Å². The molecular weight excluding hydrogens is 446 g/mol. The van der Waals surface area contributed by atoms with Crippen LogP contribution in [0.25, 0.3) is 0 Å². The lowest BCUT2D eigenvalue weighted by Gasteiger charge is -2.43. The molecule has 2 heterocycles. The van der Waals surface area contributed by atoms with Gasteiger partial charge in [0, 0.05) is 49.8 Å². The minimum Gasteiger partial charge on any atom is -0.459 e. The Morgan fingerprint density at radius 1 is 1.20 bits per heavy atom. The molecule has 0 spiro atoms. The van der Waals surface area contributed by atoms with E-state index in [2.05, 4.69) is 47.9 Å². The SMILES string of the molecule is CC(C)(C)OC(=O)CN1CCC(N2CCN(c3ccc(C=NN)cc3Br)CC2)CC1. The van der Waals surface area contributed by atoms with Crippen molar-refractivity contribution in [2.45, 2.75) is 45.3 Å². The van der Waals surface area contributed by atoms with Crippen LogP contribution < -0.4 is 10.7 Å². The molecule has 30 heavy (non-hydrogen) atoms. The van der Waals surface area contributed by atoms with E-state index in [0.29, 0.717) is 12.6 Å². The molecule has 2 aliphatic rings. The monoisotopic (exact) mass is 479 g/mol. The van der Waals surface area contributed by atoms with Crippen LogP contribution in [0.5, 0.6) is 0 Å². The normalized spacial score (nSPS) is 20.1. The molecule has 0 saturated carbocycles. The van der Waals surface area contributed by atoms with Gasteiger partial charge in [-0.2, -0.15) is 5.10 Å². The van der Waals surface area contributed by atoms with Crippen LogP contribution in [0, 0.1) is 0 Å². The average molecular weight is 480 g/mol. The van der Waals surface area contributed by atoms with Crippen LogP contribution in [-0.4, -0.2) is 79.4 Å². The van der Waals surface area contributed by atoms with E-state index in [-0.39, 0.29) is 5.97 Å². The average Bonchev–Trinajstić information content (AvgIpc) is 2.68. The van der Waals surface area contributed by atoms with Crippen LogP contribution in [0.1, 0.15) is 39.2 Å². The van der Waals surface area contributed by atoms with Crippen molar-refractivity contribution in [3.05, 3.63) is 28.2 Å². The van der Waals surface area contributed by atoms with Crippen molar-refractivity contribution in [2.75, 3.05) is 50.7 Å². The number of hydrazone groups is 1. The van der Waals surface area contributed by atoms with E-state index in [9.17, 15) is 4.79 Å². The lowest BCUT2D eigenvalue weighted by molar-refractivity contribution is -0.156. The van der Waals surface area contributed by atoms with Crippen LogP contribution >= 0.6 is 15.9 Å². The van der Waals surface area contributed by atoms with Crippen LogP contribution in [0.4, 0.5) is 5.69 Å². The summed E-state index contributed by atoms with van der Waals surface area (Å²) in [5.74, 6) is 5.12. The first kappa shape index (κ1) is 23.0. The number of halogens is 1. The van der Waals surface area contributed by atoms with E-state index >= 15 is 0 Å². The van der Waals surface area contributed by atoms with Crippen LogP contribution in [0.3, 0.4) is 0 Å². The maximum atomic E-state index is 12.1. The molecule has 2 saturated heterocycles. The summed E-state index contributed by atoms with van der Waals surface area (Å²) in [6.45, 7) is 12.2. The lowest BCUT2D eigenvalue weighted by Crippen LogP contribution is -2.53. The molecule has 0 aliphatic carbocycles. The number of nitrogens with zero attached hydrogens (tertiary/aromatic N) is 4. The number of anilines is 1. The zero-order valence-corrected chi connectivity index (χ0v) is 19.9. The van der Waals surface area contributed by atoms with Crippen LogP contribution in [-0.2, 0) is 9.53 Å². The molecule has 1 aromatic carbocycles. The summed E-state index contributed by atoms with van der Waals surface area (Å²) in [5, 5.41) is 3.59. The second-order valence-electron chi connectivity index (χ2n) is 9.11. The Kier molecular flexibility index (Phi) is 7.76. The quantitative estimate of drug-likeness (QED) is 0.302. The number of esters is 1. The van der Waals surface area contributed by atoms with Crippen molar-refractivity contribution in [2.24, 2.45) is 10.9 Å². The third-order valence-electron chi connectivity index (χ3n) is 5.70. The van der Waals surface area contributed by atoms with Gasteiger partial charge in [-0.05, 0) is 67.2 Å². The highest BCUT2D eigenvalue weighted by atomic mass is 79.9. The number of carbonyl (C=O) groups is 1. The van der Waals surface area contributed by atoms with Gasteiger partial charge in [-0.15, -0.1) is 0 Å². The molecule has 8 heteroatoms. The second kappa shape index (κ2) is 10.1. The largest absolute Gasteiger partial charge is 0.459 e. The Labute approximate surface area is 188 Å². The molecule has 1 aromatic rings. The summed E-state index contributed by atoms with van der Waals surface area (Å²) in [5.41, 5.74) is 1.79. The van der Waals surface area contributed by atoms with E-state index < -0.39 is 5.60 Å². The predicted molar refractivity (Wildman–Crippen MR) is 125 cm³/mol. The van der Waals surface area contributed by atoms with Gasteiger partial charge in [-0.3, -0.25) is 14.6 Å². The number of hydrogen-bond acceptors (Lipinski definition) is 7. The molecule has 166 valence electrons. The summed E-state index contributed by atoms with van der Waals surface area (Å²) in [7, 11) is 0. The Morgan fingerprint density at radius 2 is 1.87 bits per heavy atom. The van der Waals surface area contributed by atoms with Gasteiger partial charge < -0.3 is 15.5 Å². The van der Waals surface area contributed by atoms with Crippen molar-refractivity contribution in [3.8, 4) is 0 Å². The third kappa shape index (κ3) is 6.43. The number of likely N-dealkylation sites (tertiary alicyclic amines) is 1. The number of carbonyl (C=O) groups excluding carboxylic acids is 1. The minimum absolute atomic E-state index is 0.121. The van der Waals surface area contributed by atoms with Gasteiger partial charge in [0.15, 0.2) is 0 Å². The number of nitrogens with two attached hydrogens (primary N) is 1. The molecule has 0 unspecified atom stereocenters. The fraction of sp³-hybridized carbons (Fsp3) is 0.636. The van der Waals surface area contributed by atoms with E-state index in [1.807, 2.05) is 26.8 Å². The molecule has 0 aromatic heterocycles. The van der Waals surface area contributed by atoms with Gasteiger partial charge >= 0.3 is 5.97 Å². The summed E-state index contributed by atoms with van der Waals surface area (Å²) < 4.78 is 6.53. The summed E-state index contributed by atoms with van der Waals surface area (Å²) in [6.07, 6.45) is 3.88.